The SMILES string of the molecule is Cc1cc(C)c(C(=O)Nc2ccc(C(=O)N3CCC(C(=O)O)CC3)cc2)c(=O)[nH]1. The number of benzene rings is 1. The number of amides is 2. The maximum atomic E-state index is 12.6. The van der Waals surface area contributed by atoms with Crippen molar-refractivity contribution in [1.82, 2.24) is 9.88 Å². The molecular weight excluding hydrogens is 374 g/mol. The average Bonchev–Trinajstić information content (AvgIpc) is 2.67. The Morgan fingerprint density at radius 1 is 1.10 bits per heavy atom. The molecule has 2 aromatic rings. The Morgan fingerprint density at radius 2 is 1.72 bits per heavy atom. The number of aryl methyl sites for hydroxylation is 2. The monoisotopic (exact) mass is 397 g/mol. The van der Waals surface area contributed by atoms with Crippen LogP contribution in [0.1, 0.15) is 44.8 Å². The molecule has 0 aliphatic carbocycles. The Kier molecular flexibility index (Phi) is 5.81. The second-order valence-corrected chi connectivity index (χ2v) is 7.28. The lowest BCUT2D eigenvalue weighted by Gasteiger charge is -2.30. The summed E-state index contributed by atoms with van der Waals surface area (Å²) in [6, 6.07) is 8.15. The fraction of sp³-hybridized carbons (Fsp3) is 0.333. The largest absolute Gasteiger partial charge is 0.481 e. The number of H-pyrrole nitrogens is 1. The Balaban J connectivity index is 1.66. The van der Waals surface area contributed by atoms with Crippen LogP contribution in [0.25, 0.3) is 0 Å². The van der Waals surface area contributed by atoms with Crippen LogP contribution in [-0.4, -0.2) is 45.9 Å². The van der Waals surface area contributed by atoms with Gasteiger partial charge in [0.05, 0.1) is 5.92 Å². The number of anilines is 1. The van der Waals surface area contributed by atoms with Crippen molar-refractivity contribution in [3.63, 3.8) is 0 Å². The number of aromatic amines is 1. The van der Waals surface area contributed by atoms with E-state index >= 15 is 0 Å². The van der Waals surface area contributed by atoms with Crippen LogP contribution in [0, 0.1) is 19.8 Å². The van der Waals surface area contributed by atoms with Crippen molar-refractivity contribution in [3.8, 4) is 0 Å². The van der Waals surface area contributed by atoms with Crippen LogP contribution in [0.5, 0.6) is 0 Å². The third-order valence-corrected chi connectivity index (χ3v) is 5.11. The maximum absolute atomic E-state index is 12.6. The highest BCUT2D eigenvalue weighted by atomic mass is 16.4. The Hall–Kier alpha value is -3.42. The molecule has 0 radical (unpaired) electrons. The molecule has 1 aromatic heterocycles. The number of aromatic nitrogens is 1. The van der Waals surface area contributed by atoms with Crippen molar-refractivity contribution in [2.45, 2.75) is 26.7 Å². The van der Waals surface area contributed by atoms with Crippen molar-refractivity contribution in [3.05, 3.63) is 63.1 Å². The molecule has 29 heavy (non-hydrogen) atoms. The summed E-state index contributed by atoms with van der Waals surface area (Å²) in [5.41, 5.74) is 1.80. The highest BCUT2D eigenvalue weighted by molar-refractivity contribution is 6.05. The van der Waals surface area contributed by atoms with Crippen LogP contribution in [0.2, 0.25) is 0 Å². The first-order chi connectivity index (χ1) is 13.8. The highest BCUT2D eigenvalue weighted by Gasteiger charge is 2.27. The van der Waals surface area contributed by atoms with Gasteiger partial charge in [0.15, 0.2) is 0 Å². The number of nitrogens with zero attached hydrogens (tertiary/aromatic N) is 1. The number of carbonyl (C=O) groups excluding carboxylic acids is 2. The van der Waals surface area contributed by atoms with Crippen LogP contribution in [0.4, 0.5) is 5.69 Å². The molecule has 0 saturated carbocycles. The Morgan fingerprint density at radius 3 is 2.28 bits per heavy atom. The van der Waals surface area contributed by atoms with Crippen LogP contribution < -0.4 is 10.9 Å². The average molecular weight is 397 g/mol. The zero-order valence-corrected chi connectivity index (χ0v) is 16.3. The minimum absolute atomic E-state index is 0.0528. The maximum Gasteiger partial charge on any atom is 0.306 e. The molecule has 2 amide bonds. The predicted octanol–water partition coefficient (Wildman–Crippen LogP) is 2.18. The summed E-state index contributed by atoms with van der Waals surface area (Å²) in [5.74, 6) is -1.90. The van der Waals surface area contributed by atoms with E-state index in [1.54, 1.807) is 49.1 Å². The van der Waals surface area contributed by atoms with Crippen molar-refractivity contribution in [1.29, 1.82) is 0 Å². The first-order valence-electron chi connectivity index (χ1n) is 9.40. The lowest BCUT2D eigenvalue weighted by molar-refractivity contribution is -0.143. The number of carboxylic acid groups (broad SMARTS) is 1. The van der Waals surface area contributed by atoms with Gasteiger partial charge in [-0.05, 0) is 62.6 Å². The molecule has 0 unspecified atom stereocenters. The number of piperidine rings is 1. The molecule has 0 atom stereocenters. The van der Waals surface area contributed by atoms with Crippen LogP contribution >= 0.6 is 0 Å². The topological polar surface area (TPSA) is 120 Å². The van der Waals surface area contributed by atoms with Gasteiger partial charge in [-0.3, -0.25) is 19.2 Å². The smallest absolute Gasteiger partial charge is 0.306 e. The summed E-state index contributed by atoms with van der Waals surface area (Å²) in [6.07, 6.45) is 0.888. The van der Waals surface area contributed by atoms with E-state index in [9.17, 15) is 19.2 Å². The number of pyridine rings is 1. The molecule has 1 aromatic carbocycles. The van der Waals surface area contributed by atoms with Gasteiger partial charge in [0, 0.05) is 30.0 Å². The zero-order chi connectivity index (χ0) is 21.1. The van der Waals surface area contributed by atoms with Crippen molar-refractivity contribution < 1.29 is 19.5 Å². The third kappa shape index (κ3) is 4.53. The molecule has 2 heterocycles. The normalized spacial score (nSPS) is 14.5. The minimum Gasteiger partial charge on any atom is -0.481 e. The molecule has 3 rings (SSSR count). The van der Waals surface area contributed by atoms with Crippen LogP contribution in [0.3, 0.4) is 0 Å². The molecule has 1 aliphatic rings. The van der Waals surface area contributed by atoms with Gasteiger partial charge < -0.3 is 20.3 Å². The molecule has 1 fully saturated rings. The van der Waals surface area contributed by atoms with Gasteiger partial charge in [-0.2, -0.15) is 0 Å². The number of rotatable bonds is 4. The standard InChI is InChI=1S/C21H23N3O5/c1-12-11-13(2)22-18(25)17(12)19(26)23-16-5-3-14(4-6-16)20(27)24-9-7-15(8-10-24)21(28)29/h3-6,11,15H,7-10H2,1-2H3,(H,22,25)(H,23,26)(H,28,29). The molecule has 1 aliphatic heterocycles. The van der Waals surface area contributed by atoms with Crippen molar-refractivity contribution >= 4 is 23.5 Å². The third-order valence-electron chi connectivity index (χ3n) is 5.11. The summed E-state index contributed by atoms with van der Waals surface area (Å²) in [5, 5.41) is 11.7. The number of nitrogens with one attached hydrogen (secondary N) is 2. The van der Waals surface area contributed by atoms with Crippen LogP contribution in [-0.2, 0) is 4.79 Å². The number of aliphatic carboxylic acids is 1. The second kappa shape index (κ2) is 8.30. The summed E-state index contributed by atoms with van der Waals surface area (Å²) in [7, 11) is 0. The van der Waals surface area contributed by atoms with E-state index in [4.69, 9.17) is 5.11 Å². The van der Waals surface area contributed by atoms with E-state index in [0.717, 1.165) is 0 Å². The Labute approximate surface area is 167 Å². The van der Waals surface area contributed by atoms with Gasteiger partial charge in [-0.15, -0.1) is 0 Å². The number of carbonyl (C=O) groups is 3. The fourth-order valence-electron chi connectivity index (χ4n) is 3.54. The van der Waals surface area contributed by atoms with Gasteiger partial charge >= 0.3 is 5.97 Å². The fourth-order valence-corrected chi connectivity index (χ4v) is 3.54. The summed E-state index contributed by atoms with van der Waals surface area (Å²) in [4.78, 5) is 52.4. The lowest BCUT2D eigenvalue weighted by atomic mass is 9.96. The molecule has 3 N–H and O–H groups in total. The van der Waals surface area contributed by atoms with E-state index in [2.05, 4.69) is 10.3 Å². The molecule has 152 valence electrons. The number of likely N-dealkylation sites (tertiary alicyclic amines) is 1. The second-order valence-electron chi connectivity index (χ2n) is 7.28. The molecule has 8 heteroatoms. The number of hydrogen-bond acceptors (Lipinski definition) is 4. The lowest BCUT2D eigenvalue weighted by Crippen LogP contribution is -2.40. The molecule has 1 saturated heterocycles. The van der Waals surface area contributed by atoms with Crippen molar-refractivity contribution in [2.24, 2.45) is 5.92 Å². The van der Waals surface area contributed by atoms with Crippen molar-refractivity contribution in [2.75, 3.05) is 18.4 Å². The number of carboxylic acids is 1. The first kappa shape index (κ1) is 20.3. The van der Waals surface area contributed by atoms with E-state index in [1.807, 2.05) is 0 Å². The quantitative estimate of drug-likeness (QED) is 0.730. The molecule has 8 nitrogen and oxygen atoms in total. The molecule has 0 bridgehead atoms. The first-order valence-corrected chi connectivity index (χ1v) is 9.40. The van der Waals surface area contributed by atoms with E-state index in [-0.39, 0.29) is 11.5 Å². The van der Waals surface area contributed by atoms with Gasteiger partial charge in [0.2, 0.25) is 0 Å². The van der Waals surface area contributed by atoms with Gasteiger partial charge in [0.25, 0.3) is 17.4 Å². The predicted molar refractivity (Wildman–Crippen MR) is 107 cm³/mol. The van der Waals surface area contributed by atoms with E-state index in [1.165, 1.54) is 0 Å². The van der Waals surface area contributed by atoms with Gasteiger partial charge in [-0.25, -0.2) is 0 Å². The van der Waals surface area contributed by atoms with Gasteiger partial charge in [0.1, 0.15) is 5.56 Å². The van der Waals surface area contributed by atoms with Crippen LogP contribution in [0.15, 0.2) is 35.1 Å². The van der Waals surface area contributed by atoms with Gasteiger partial charge in [-0.1, -0.05) is 0 Å². The minimum atomic E-state index is -0.820. The highest BCUT2D eigenvalue weighted by Crippen LogP contribution is 2.20. The van der Waals surface area contributed by atoms with E-state index < -0.39 is 23.4 Å². The Bertz CT molecular complexity index is 1000. The van der Waals surface area contributed by atoms with E-state index in [0.29, 0.717) is 48.4 Å². The molecular formula is C21H23N3O5. The summed E-state index contributed by atoms with van der Waals surface area (Å²) >= 11 is 0. The number of hydrogen-bond donors (Lipinski definition) is 3. The molecule has 0 spiro atoms. The zero-order valence-electron chi connectivity index (χ0n) is 16.3. The summed E-state index contributed by atoms with van der Waals surface area (Å²) < 4.78 is 0. The summed E-state index contributed by atoms with van der Waals surface area (Å²) in [6.45, 7) is 4.26.